The van der Waals surface area contributed by atoms with E-state index >= 15 is 0 Å². The molecule has 0 radical (unpaired) electrons. The number of amidine groups is 1. The highest BCUT2D eigenvalue weighted by Gasteiger charge is 2.20. The molecule has 1 aromatic rings. The van der Waals surface area contributed by atoms with E-state index in [9.17, 15) is 9.59 Å². The molecule has 0 bridgehead atoms. The number of carbonyl (C=O) groups is 2. The van der Waals surface area contributed by atoms with Crippen LogP contribution in [0.3, 0.4) is 0 Å². The second kappa shape index (κ2) is 11.0. The summed E-state index contributed by atoms with van der Waals surface area (Å²) in [5.74, 6) is -1.72. The van der Waals surface area contributed by atoms with Crippen molar-refractivity contribution < 1.29 is 24.6 Å². The van der Waals surface area contributed by atoms with E-state index in [4.69, 9.17) is 20.0 Å². The molecule has 9 nitrogen and oxygen atoms in total. The van der Waals surface area contributed by atoms with Crippen molar-refractivity contribution in [2.45, 2.75) is 25.3 Å². The first-order valence-corrected chi connectivity index (χ1v) is 8.77. The molecule has 1 atom stereocenters. The summed E-state index contributed by atoms with van der Waals surface area (Å²) in [6.07, 6.45) is 8.67. The average molecular weight is 376 g/mol. The fourth-order valence-electron chi connectivity index (χ4n) is 2.76. The fourth-order valence-corrected chi connectivity index (χ4v) is 2.76. The lowest BCUT2D eigenvalue weighted by atomic mass is 10.1. The molecule has 1 saturated heterocycles. The van der Waals surface area contributed by atoms with Gasteiger partial charge in [0.05, 0.1) is 12.6 Å². The summed E-state index contributed by atoms with van der Waals surface area (Å²) >= 11 is 0. The Balaban J connectivity index is 0.000000279. The molecule has 1 fully saturated rings. The third kappa shape index (κ3) is 7.97. The molecule has 3 rings (SSSR count). The molecule has 0 spiro atoms. The molecule has 3 heterocycles. The Bertz CT molecular complexity index is 656. The minimum Gasteiger partial charge on any atom is -0.478 e. The van der Waals surface area contributed by atoms with Crippen molar-refractivity contribution >= 4 is 17.8 Å². The number of hydrogen-bond acceptors (Lipinski definition) is 7. The minimum atomic E-state index is -1.26. The molecule has 3 N–H and O–H groups in total. The van der Waals surface area contributed by atoms with Crippen LogP contribution in [-0.4, -0.2) is 70.2 Å². The maximum absolute atomic E-state index is 9.55. The lowest BCUT2D eigenvalue weighted by Gasteiger charge is -2.30. The highest BCUT2D eigenvalue weighted by molar-refractivity contribution is 5.98. The van der Waals surface area contributed by atoms with Gasteiger partial charge < -0.3 is 15.1 Å². The van der Waals surface area contributed by atoms with Gasteiger partial charge in [-0.15, -0.1) is 0 Å². The number of nitrogens with one attached hydrogen (secondary N) is 1. The van der Waals surface area contributed by atoms with Gasteiger partial charge in [-0.1, -0.05) is 6.42 Å². The molecule has 0 aliphatic carbocycles. The number of likely N-dealkylation sites (tertiary alicyclic amines) is 1. The topological polar surface area (TPSA) is 124 Å². The molecular weight excluding hydrogens is 352 g/mol. The maximum Gasteiger partial charge on any atom is 0.328 e. The zero-order valence-electron chi connectivity index (χ0n) is 15.0. The van der Waals surface area contributed by atoms with Gasteiger partial charge in [-0.05, 0) is 38.1 Å². The SMILES string of the molecule is O=C(O)/C=C/C(=O)O.c1cncc(C2=NC(CN3CCCCC3)CON2)c1. The summed E-state index contributed by atoms with van der Waals surface area (Å²) < 4.78 is 0. The number of carboxylic acid groups (broad SMARTS) is 2. The Morgan fingerprint density at radius 2 is 1.93 bits per heavy atom. The summed E-state index contributed by atoms with van der Waals surface area (Å²) in [7, 11) is 0. The van der Waals surface area contributed by atoms with E-state index < -0.39 is 11.9 Å². The van der Waals surface area contributed by atoms with Gasteiger partial charge in [0.25, 0.3) is 0 Å². The molecule has 1 aromatic heterocycles. The van der Waals surface area contributed by atoms with Crippen LogP contribution in [0.4, 0.5) is 0 Å². The van der Waals surface area contributed by atoms with E-state index in [1.807, 2.05) is 12.1 Å². The minimum absolute atomic E-state index is 0.217. The van der Waals surface area contributed by atoms with Crippen molar-refractivity contribution in [2.24, 2.45) is 4.99 Å². The van der Waals surface area contributed by atoms with Crippen molar-refractivity contribution in [1.29, 1.82) is 0 Å². The summed E-state index contributed by atoms with van der Waals surface area (Å²) in [4.78, 5) is 35.9. The lowest BCUT2D eigenvalue weighted by Crippen LogP contribution is -2.43. The number of aliphatic imine (C=N–C) groups is 1. The Morgan fingerprint density at radius 1 is 1.22 bits per heavy atom. The second-order valence-corrected chi connectivity index (χ2v) is 6.16. The van der Waals surface area contributed by atoms with E-state index in [2.05, 4.69) is 15.4 Å². The Kier molecular flexibility index (Phi) is 8.40. The number of rotatable bonds is 5. The van der Waals surface area contributed by atoms with E-state index in [0.29, 0.717) is 18.8 Å². The van der Waals surface area contributed by atoms with Crippen molar-refractivity contribution in [3.63, 3.8) is 0 Å². The molecule has 146 valence electrons. The van der Waals surface area contributed by atoms with Gasteiger partial charge in [0.2, 0.25) is 0 Å². The smallest absolute Gasteiger partial charge is 0.328 e. The van der Waals surface area contributed by atoms with E-state index in [1.54, 1.807) is 12.4 Å². The zero-order valence-corrected chi connectivity index (χ0v) is 15.0. The van der Waals surface area contributed by atoms with Crippen LogP contribution in [0.25, 0.3) is 0 Å². The highest BCUT2D eigenvalue weighted by atomic mass is 16.6. The van der Waals surface area contributed by atoms with Crippen molar-refractivity contribution in [3.8, 4) is 0 Å². The predicted molar refractivity (Wildman–Crippen MR) is 98.4 cm³/mol. The van der Waals surface area contributed by atoms with Gasteiger partial charge in [-0.25, -0.2) is 15.1 Å². The third-order valence-electron chi connectivity index (χ3n) is 3.98. The van der Waals surface area contributed by atoms with Gasteiger partial charge >= 0.3 is 11.9 Å². The summed E-state index contributed by atoms with van der Waals surface area (Å²) in [5, 5.41) is 15.6. The molecule has 2 aliphatic rings. The van der Waals surface area contributed by atoms with Crippen LogP contribution >= 0.6 is 0 Å². The van der Waals surface area contributed by atoms with Gasteiger partial charge in [-0.3, -0.25) is 14.8 Å². The average Bonchev–Trinajstić information content (AvgIpc) is 2.69. The summed E-state index contributed by atoms with van der Waals surface area (Å²) in [6, 6.07) is 4.12. The Hall–Kier alpha value is -2.78. The van der Waals surface area contributed by atoms with Crippen LogP contribution in [-0.2, 0) is 14.4 Å². The number of piperidine rings is 1. The Labute approximate surface area is 157 Å². The first kappa shape index (κ1) is 20.5. The normalized spacial score (nSPS) is 20.1. The lowest BCUT2D eigenvalue weighted by molar-refractivity contribution is -0.134. The molecule has 9 heteroatoms. The second-order valence-electron chi connectivity index (χ2n) is 6.16. The van der Waals surface area contributed by atoms with Crippen LogP contribution in [0, 0.1) is 0 Å². The van der Waals surface area contributed by atoms with Crippen LogP contribution in [0.1, 0.15) is 24.8 Å². The van der Waals surface area contributed by atoms with Crippen molar-refractivity contribution in [2.75, 3.05) is 26.2 Å². The molecule has 1 unspecified atom stereocenters. The monoisotopic (exact) mass is 376 g/mol. The first-order chi connectivity index (χ1) is 13.0. The van der Waals surface area contributed by atoms with Gasteiger partial charge in [0.15, 0.2) is 5.84 Å². The van der Waals surface area contributed by atoms with Crippen molar-refractivity contribution in [1.82, 2.24) is 15.4 Å². The van der Waals surface area contributed by atoms with E-state index in [0.717, 1.165) is 17.9 Å². The quantitative estimate of drug-likeness (QED) is 0.648. The van der Waals surface area contributed by atoms with Crippen LogP contribution in [0.15, 0.2) is 41.7 Å². The third-order valence-corrected chi connectivity index (χ3v) is 3.98. The zero-order chi connectivity index (χ0) is 19.5. The molecule has 0 amide bonds. The molecule has 0 saturated carbocycles. The molecule has 2 aliphatic heterocycles. The first-order valence-electron chi connectivity index (χ1n) is 8.77. The van der Waals surface area contributed by atoms with Gasteiger partial charge in [-0.2, -0.15) is 0 Å². The maximum atomic E-state index is 9.55. The largest absolute Gasteiger partial charge is 0.478 e. The van der Waals surface area contributed by atoms with Crippen LogP contribution in [0.5, 0.6) is 0 Å². The molecule has 0 aromatic carbocycles. The Morgan fingerprint density at radius 3 is 2.52 bits per heavy atom. The number of nitrogens with zero attached hydrogens (tertiary/aromatic N) is 3. The van der Waals surface area contributed by atoms with Crippen LogP contribution < -0.4 is 5.48 Å². The standard InChI is InChI=1S/C14H20N4O.C4H4O4/c1-2-7-18(8-3-1)10-13-11-19-17-14(16-13)12-5-4-6-15-9-12;5-3(6)1-2-4(7)8/h4-6,9,13H,1-3,7-8,10-11H2,(H,16,17);1-2H,(H,5,6)(H,7,8)/b;2-1+. The number of hydrogen-bond donors (Lipinski definition) is 3. The highest BCUT2D eigenvalue weighted by Crippen LogP contribution is 2.12. The number of aromatic nitrogens is 1. The number of carboxylic acids is 2. The molecular formula is C18H24N4O5. The van der Waals surface area contributed by atoms with Crippen LogP contribution in [0.2, 0.25) is 0 Å². The van der Waals surface area contributed by atoms with E-state index in [-0.39, 0.29) is 6.04 Å². The predicted octanol–water partition coefficient (Wildman–Crippen LogP) is 0.929. The fraction of sp³-hybridized carbons (Fsp3) is 0.444. The number of aliphatic carboxylic acids is 2. The van der Waals surface area contributed by atoms with Crippen molar-refractivity contribution in [3.05, 3.63) is 42.2 Å². The van der Waals surface area contributed by atoms with Gasteiger partial charge in [0.1, 0.15) is 0 Å². The summed E-state index contributed by atoms with van der Waals surface area (Å²) in [6.45, 7) is 4.02. The number of hydroxylamine groups is 1. The van der Waals surface area contributed by atoms with Gasteiger partial charge in [0, 0.05) is 36.7 Å². The number of pyridine rings is 1. The molecule has 27 heavy (non-hydrogen) atoms. The summed E-state index contributed by atoms with van der Waals surface area (Å²) in [5.41, 5.74) is 3.87. The van der Waals surface area contributed by atoms with E-state index in [1.165, 1.54) is 32.4 Å².